The van der Waals surface area contributed by atoms with E-state index in [1.807, 2.05) is 38.7 Å². The number of benzene rings is 2. The number of nitrogens with one attached hydrogen (secondary N) is 1. The van der Waals surface area contributed by atoms with Crippen LogP contribution in [-0.2, 0) is 14.8 Å². The Kier molecular flexibility index (Phi) is 7.33. The number of piperazine rings is 1. The van der Waals surface area contributed by atoms with Crippen molar-refractivity contribution in [3.8, 4) is 0 Å². The number of carbonyl (C=O) groups is 1. The maximum Gasteiger partial charge on any atom is 0.243 e. The van der Waals surface area contributed by atoms with Crippen molar-refractivity contribution in [1.29, 1.82) is 0 Å². The molecule has 31 heavy (non-hydrogen) atoms. The van der Waals surface area contributed by atoms with Crippen LogP contribution >= 0.6 is 23.2 Å². The molecule has 1 fully saturated rings. The third-order valence-corrected chi connectivity index (χ3v) is 8.53. The lowest BCUT2D eigenvalue weighted by Crippen LogP contribution is -2.50. The van der Waals surface area contributed by atoms with Crippen molar-refractivity contribution in [1.82, 2.24) is 9.21 Å². The Morgan fingerprint density at radius 2 is 1.55 bits per heavy atom. The van der Waals surface area contributed by atoms with Gasteiger partial charge in [0.15, 0.2) is 0 Å². The lowest BCUT2D eigenvalue weighted by Gasteiger charge is -2.34. The molecule has 2 aromatic carbocycles. The van der Waals surface area contributed by atoms with Gasteiger partial charge in [0.05, 0.1) is 22.2 Å². The quantitative estimate of drug-likeness (QED) is 0.692. The highest BCUT2D eigenvalue weighted by Gasteiger charge is 2.32. The molecule has 2 aromatic rings. The molecule has 1 amide bonds. The van der Waals surface area contributed by atoms with Crippen molar-refractivity contribution < 1.29 is 13.2 Å². The second-order valence-electron chi connectivity index (χ2n) is 7.94. The number of hydrogen-bond donors (Lipinski definition) is 1. The zero-order valence-corrected chi connectivity index (χ0v) is 20.5. The lowest BCUT2D eigenvalue weighted by atomic mass is 10.0. The third kappa shape index (κ3) is 5.23. The minimum absolute atomic E-state index is 0.151. The van der Waals surface area contributed by atoms with Gasteiger partial charge in [0, 0.05) is 31.2 Å². The molecule has 1 heterocycles. The van der Waals surface area contributed by atoms with Crippen LogP contribution in [0.15, 0.2) is 29.2 Å². The molecule has 0 bridgehead atoms. The van der Waals surface area contributed by atoms with E-state index >= 15 is 0 Å². The molecule has 0 unspecified atom stereocenters. The van der Waals surface area contributed by atoms with E-state index in [4.69, 9.17) is 23.2 Å². The molecule has 0 atom stereocenters. The lowest BCUT2D eigenvalue weighted by molar-refractivity contribution is -0.117. The first kappa shape index (κ1) is 24.0. The SMILES string of the molecule is Cc1cc(C)c(C)c(S(=O)(=O)N2CCN(CC(=O)Nc3cc(Cl)ccc3Cl)CC2)c1C. The van der Waals surface area contributed by atoms with Crippen molar-refractivity contribution in [2.45, 2.75) is 32.6 Å². The van der Waals surface area contributed by atoms with Crippen LogP contribution in [0.3, 0.4) is 0 Å². The van der Waals surface area contributed by atoms with E-state index in [0.29, 0.717) is 46.8 Å². The molecule has 9 heteroatoms. The average Bonchev–Trinajstić information content (AvgIpc) is 2.69. The van der Waals surface area contributed by atoms with Crippen LogP contribution in [0.25, 0.3) is 0 Å². The van der Waals surface area contributed by atoms with E-state index in [0.717, 1.165) is 22.3 Å². The molecule has 1 saturated heterocycles. The summed E-state index contributed by atoms with van der Waals surface area (Å²) in [6.07, 6.45) is 0. The number of aryl methyl sites for hydroxylation is 2. The number of halogens is 2. The van der Waals surface area contributed by atoms with E-state index in [9.17, 15) is 13.2 Å². The van der Waals surface area contributed by atoms with Crippen molar-refractivity contribution in [3.05, 3.63) is 56.6 Å². The van der Waals surface area contributed by atoms with Gasteiger partial charge in [-0.2, -0.15) is 4.31 Å². The van der Waals surface area contributed by atoms with Gasteiger partial charge in [-0.1, -0.05) is 29.3 Å². The van der Waals surface area contributed by atoms with Crippen LogP contribution in [0.4, 0.5) is 5.69 Å². The Hall–Kier alpha value is -1.64. The fraction of sp³-hybridized carbons (Fsp3) is 0.409. The van der Waals surface area contributed by atoms with E-state index < -0.39 is 10.0 Å². The number of anilines is 1. The molecule has 0 aromatic heterocycles. The van der Waals surface area contributed by atoms with E-state index in [1.54, 1.807) is 18.2 Å². The smallest absolute Gasteiger partial charge is 0.243 e. The minimum atomic E-state index is -3.61. The average molecular weight is 484 g/mol. The molecular formula is C22H27Cl2N3O3S. The Bertz CT molecular complexity index is 1090. The van der Waals surface area contributed by atoms with Crippen molar-refractivity contribution in [2.24, 2.45) is 0 Å². The first-order valence-corrected chi connectivity index (χ1v) is 12.2. The second kappa shape index (κ2) is 9.46. The summed E-state index contributed by atoms with van der Waals surface area (Å²) in [5, 5.41) is 3.66. The molecule has 0 radical (unpaired) electrons. The Balaban J connectivity index is 1.66. The van der Waals surface area contributed by atoms with E-state index in [-0.39, 0.29) is 12.5 Å². The van der Waals surface area contributed by atoms with Crippen LogP contribution in [0.1, 0.15) is 22.3 Å². The first-order chi connectivity index (χ1) is 14.5. The summed E-state index contributed by atoms with van der Waals surface area (Å²) >= 11 is 12.1. The van der Waals surface area contributed by atoms with E-state index in [2.05, 4.69) is 5.32 Å². The number of carbonyl (C=O) groups excluding carboxylic acids is 1. The van der Waals surface area contributed by atoms with Crippen molar-refractivity contribution >= 4 is 44.8 Å². The van der Waals surface area contributed by atoms with Gasteiger partial charge in [-0.25, -0.2) is 8.42 Å². The van der Waals surface area contributed by atoms with Gasteiger partial charge < -0.3 is 5.32 Å². The summed E-state index contributed by atoms with van der Waals surface area (Å²) < 4.78 is 28.3. The standard InChI is InChI=1S/C22H27Cl2N3O3S/c1-14-11-15(2)17(4)22(16(14)3)31(29,30)27-9-7-26(8-10-27)13-21(28)25-20-12-18(23)5-6-19(20)24/h5-6,11-12H,7-10,13H2,1-4H3,(H,25,28). The molecular weight excluding hydrogens is 457 g/mol. The van der Waals surface area contributed by atoms with Crippen LogP contribution in [-0.4, -0.2) is 56.3 Å². The highest BCUT2D eigenvalue weighted by atomic mass is 35.5. The molecule has 1 aliphatic heterocycles. The fourth-order valence-electron chi connectivity index (χ4n) is 3.81. The number of amides is 1. The highest BCUT2D eigenvalue weighted by molar-refractivity contribution is 7.89. The van der Waals surface area contributed by atoms with Gasteiger partial charge >= 0.3 is 0 Å². The normalized spacial score (nSPS) is 15.8. The first-order valence-electron chi connectivity index (χ1n) is 10.1. The number of sulfonamides is 1. The van der Waals surface area contributed by atoms with Crippen LogP contribution in [0.5, 0.6) is 0 Å². The second-order valence-corrected chi connectivity index (χ2v) is 10.7. The fourth-order valence-corrected chi connectivity index (χ4v) is 6.15. The predicted molar refractivity (Wildman–Crippen MR) is 126 cm³/mol. The number of hydrogen-bond acceptors (Lipinski definition) is 4. The summed E-state index contributed by atoms with van der Waals surface area (Å²) in [5.74, 6) is -0.221. The monoisotopic (exact) mass is 483 g/mol. The van der Waals surface area contributed by atoms with Crippen LogP contribution in [0.2, 0.25) is 10.0 Å². The van der Waals surface area contributed by atoms with Gasteiger partial charge in [0.25, 0.3) is 0 Å². The van der Waals surface area contributed by atoms with E-state index in [1.165, 1.54) is 4.31 Å². The topological polar surface area (TPSA) is 69.7 Å². The Morgan fingerprint density at radius 1 is 0.968 bits per heavy atom. The molecule has 6 nitrogen and oxygen atoms in total. The van der Waals surface area contributed by atoms with Crippen LogP contribution in [0, 0.1) is 27.7 Å². The third-order valence-electron chi connectivity index (χ3n) is 5.80. The number of nitrogens with zero attached hydrogens (tertiary/aromatic N) is 2. The molecule has 0 spiro atoms. The maximum atomic E-state index is 13.4. The van der Waals surface area contributed by atoms with Gasteiger partial charge in [0.1, 0.15) is 0 Å². The highest BCUT2D eigenvalue weighted by Crippen LogP contribution is 2.29. The summed E-state index contributed by atoms with van der Waals surface area (Å²) in [6, 6.07) is 6.89. The van der Waals surface area contributed by atoms with Crippen molar-refractivity contribution in [3.63, 3.8) is 0 Å². The van der Waals surface area contributed by atoms with Gasteiger partial charge in [0.2, 0.25) is 15.9 Å². The molecule has 3 rings (SSSR count). The summed E-state index contributed by atoms with van der Waals surface area (Å²) in [5.41, 5.74) is 3.99. The molecule has 1 aliphatic rings. The van der Waals surface area contributed by atoms with Gasteiger partial charge in [-0.3, -0.25) is 9.69 Å². The van der Waals surface area contributed by atoms with Crippen LogP contribution < -0.4 is 5.32 Å². The molecule has 0 saturated carbocycles. The largest absolute Gasteiger partial charge is 0.324 e. The molecule has 0 aliphatic carbocycles. The van der Waals surface area contributed by atoms with Crippen molar-refractivity contribution in [2.75, 3.05) is 38.0 Å². The summed E-state index contributed by atoms with van der Waals surface area (Å²) in [4.78, 5) is 14.8. The van der Waals surface area contributed by atoms with Gasteiger partial charge in [-0.05, 0) is 68.1 Å². The minimum Gasteiger partial charge on any atom is -0.324 e. The Morgan fingerprint density at radius 3 is 2.13 bits per heavy atom. The zero-order chi connectivity index (χ0) is 22.9. The summed E-state index contributed by atoms with van der Waals surface area (Å²) in [7, 11) is -3.61. The number of rotatable bonds is 5. The molecule has 168 valence electrons. The maximum absolute atomic E-state index is 13.4. The summed E-state index contributed by atoms with van der Waals surface area (Å²) in [6.45, 7) is 9.34. The molecule has 1 N–H and O–H groups in total. The predicted octanol–water partition coefficient (Wildman–Crippen LogP) is 4.17. The van der Waals surface area contributed by atoms with Gasteiger partial charge in [-0.15, -0.1) is 0 Å². The Labute approximate surface area is 194 Å². The zero-order valence-electron chi connectivity index (χ0n) is 18.1.